The van der Waals surface area contributed by atoms with Gasteiger partial charge in [0, 0.05) is 36.5 Å². The Morgan fingerprint density at radius 2 is 2.00 bits per heavy atom. The van der Waals surface area contributed by atoms with Crippen molar-refractivity contribution in [2.24, 2.45) is 5.92 Å². The van der Waals surface area contributed by atoms with Gasteiger partial charge in [-0.15, -0.1) is 0 Å². The highest BCUT2D eigenvalue weighted by atomic mass is 32.2. The van der Waals surface area contributed by atoms with E-state index in [2.05, 4.69) is 11.3 Å². The summed E-state index contributed by atoms with van der Waals surface area (Å²) in [6.07, 6.45) is 0.0898. The molecule has 1 aromatic rings. The summed E-state index contributed by atoms with van der Waals surface area (Å²) in [4.78, 5) is 14.0. The smallest absolute Gasteiger partial charge is 0.253 e. The molecule has 1 aliphatic rings. The van der Waals surface area contributed by atoms with Crippen molar-refractivity contribution in [3.63, 3.8) is 0 Å². The Morgan fingerprint density at radius 1 is 1.39 bits per heavy atom. The maximum atomic E-state index is 12.3. The van der Waals surface area contributed by atoms with Crippen LogP contribution in [0.2, 0.25) is 0 Å². The minimum absolute atomic E-state index is 0.0519. The summed E-state index contributed by atoms with van der Waals surface area (Å²) in [7, 11) is -3.40. The molecule has 126 valence electrons. The molecular weight excluding hydrogens is 316 g/mol. The molecule has 0 saturated carbocycles. The molecule has 2 rings (SSSR count). The summed E-state index contributed by atoms with van der Waals surface area (Å²) >= 11 is 0. The third kappa shape index (κ3) is 4.80. The van der Waals surface area contributed by atoms with Crippen LogP contribution >= 0.6 is 0 Å². The number of sulfonamides is 1. The number of rotatable bonds is 7. The van der Waals surface area contributed by atoms with Crippen LogP contribution in [0, 0.1) is 5.92 Å². The van der Waals surface area contributed by atoms with E-state index in [0.717, 1.165) is 11.2 Å². The number of carbonyl (C=O) groups is 1. The molecule has 6 nitrogen and oxygen atoms in total. The lowest BCUT2D eigenvalue weighted by molar-refractivity contribution is 0.0510. The molecule has 0 atom stereocenters. The van der Waals surface area contributed by atoms with Gasteiger partial charge < -0.3 is 9.64 Å². The number of hydrogen-bond donors (Lipinski definition) is 1. The van der Waals surface area contributed by atoms with E-state index >= 15 is 0 Å². The maximum Gasteiger partial charge on any atom is 0.253 e. The van der Waals surface area contributed by atoms with Gasteiger partial charge in [0.15, 0.2) is 0 Å². The van der Waals surface area contributed by atoms with E-state index in [4.69, 9.17) is 4.74 Å². The summed E-state index contributed by atoms with van der Waals surface area (Å²) in [5, 5.41) is 0.884. The van der Waals surface area contributed by atoms with Gasteiger partial charge in [0.1, 0.15) is 5.75 Å². The molecule has 0 spiro atoms. The Kier molecular flexibility index (Phi) is 5.43. The fourth-order valence-corrected chi connectivity index (χ4v) is 2.87. The number of nitrogens with zero attached hydrogens (tertiary/aromatic N) is 1. The number of ether oxygens (including phenoxy) is 1. The first kappa shape index (κ1) is 17.5. The van der Waals surface area contributed by atoms with Crippen LogP contribution in [-0.4, -0.2) is 45.0 Å². The van der Waals surface area contributed by atoms with Crippen LogP contribution in [0.5, 0.6) is 5.75 Å². The average molecular weight is 338 g/mol. The molecule has 0 aliphatic carbocycles. The van der Waals surface area contributed by atoms with Crippen LogP contribution < -0.4 is 9.46 Å². The zero-order valence-electron chi connectivity index (χ0n) is 13.4. The standard InChI is InChI=1S/C16H22N2O4S/c1-4-23(20,21)17-9-13-10-18(11-13)16(19)14-5-7-15(8-6-14)22-12(2)3/h4-8,12-13,17H,1,9-11H2,2-3H3. The minimum Gasteiger partial charge on any atom is -0.491 e. The molecule has 1 amide bonds. The summed E-state index contributed by atoms with van der Waals surface area (Å²) < 4.78 is 30.5. The summed E-state index contributed by atoms with van der Waals surface area (Å²) in [6, 6.07) is 7.05. The van der Waals surface area contributed by atoms with Gasteiger partial charge in [0.25, 0.3) is 5.91 Å². The lowest BCUT2D eigenvalue weighted by atomic mass is 9.99. The summed E-state index contributed by atoms with van der Waals surface area (Å²) in [5.41, 5.74) is 0.603. The second-order valence-corrected chi connectivity index (χ2v) is 7.54. The molecule has 1 aromatic carbocycles. The molecule has 0 aromatic heterocycles. The molecule has 1 aliphatic heterocycles. The SMILES string of the molecule is C=CS(=O)(=O)NCC1CN(C(=O)c2ccc(OC(C)C)cc2)C1. The van der Waals surface area contributed by atoms with Crippen molar-refractivity contribution >= 4 is 15.9 Å². The molecule has 1 N–H and O–H groups in total. The highest BCUT2D eigenvalue weighted by Gasteiger charge is 2.31. The topological polar surface area (TPSA) is 75.7 Å². The predicted octanol–water partition coefficient (Wildman–Crippen LogP) is 1.61. The largest absolute Gasteiger partial charge is 0.491 e. The van der Waals surface area contributed by atoms with E-state index in [-0.39, 0.29) is 17.9 Å². The molecule has 0 unspecified atom stereocenters. The van der Waals surface area contributed by atoms with Crippen molar-refractivity contribution in [2.75, 3.05) is 19.6 Å². The first-order valence-electron chi connectivity index (χ1n) is 7.49. The van der Waals surface area contributed by atoms with Crippen molar-refractivity contribution in [1.82, 2.24) is 9.62 Å². The zero-order valence-corrected chi connectivity index (χ0v) is 14.2. The molecule has 1 heterocycles. The van der Waals surface area contributed by atoms with Crippen molar-refractivity contribution in [3.8, 4) is 5.75 Å². The molecule has 1 saturated heterocycles. The molecule has 1 fully saturated rings. The number of likely N-dealkylation sites (tertiary alicyclic amines) is 1. The van der Waals surface area contributed by atoms with Crippen molar-refractivity contribution in [1.29, 1.82) is 0 Å². The molecule has 23 heavy (non-hydrogen) atoms. The monoisotopic (exact) mass is 338 g/mol. The molecule has 0 radical (unpaired) electrons. The fraction of sp³-hybridized carbons (Fsp3) is 0.438. The Bertz CT molecular complexity index is 662. The van der Waals surface area contributed by atoms with Gasteiger partial charge in [-0.3, -0.25) is 4.79 Å². The third-order valence-electron chi connectivity index (χ3n) is 3.51. The second-order valence-electron chi connectivity index (χ2n) is 5.83. The van der Waals surface area contributed by atoms with Gasteiger partial charge in [-0.2, -0.15) is 0 Å². The van der Waals surface area contributed by atoms with Gasteiger partial charge in [-0.25, -0.2) is 13.1 Å². The molecule has 7 heteroatoms. The third-order valence-corrected chi connectivity index (χ3v) is 4.52. The summed E-state index contributed by atoms with van der Waals surface area (Å²) in [6.45, 7) is 8.53. The van der Waals surface area contributed by atoms with E-state index in [1.165, 1.54) is 0 Å². The van der Waals surface area contributed by atoms with Gasteiger partial charge in [-0.1, -0.05) is 6.58 Å². The van der Waals surface area contributed by atoms with Crippen LogP contribution in [0.25, 0.3) is 0 Å². The van der Waals surface area contributed by atoms with Crippen LogP contribution in [0.4, 0.5) is 0 Å². The van der Waals surface area contributed by atoms with E-state index in [1.54, 1.807) is 29.2 Å². The highest BCUT2D eigenvalue weighted by molar-refractivity contribution is 7.92. The van der Waals surface area contributed by atoms with Gasteiger partial charge >= 0.3 is 0 Å². The number of amides is 1. The maximum absolute atomic E-state index is 12.3. The first-order chi connectivity index (χ1) is 10.8. The van der Waals surface area contributed by atoms with Gasteiger partial charge in [0.2, 0.25) is 10.0 Å². The molecular formula is C16H22N2O4S. The Hall–Kier alpha value is -1.86. The normalized spacial score (nSPS) is 15.3. The first-order valence-corrected chi connectivity index (χ1v) is 9.03. The van der Waals surface area contributed by atoms with Gasteiger partial charge in [0.05, 0.1) is 6.10 Å². The van der Waals surface area contributed by atoms with E-state index in [1.807, 2.05) is 13.8 Å². The Labute approximate surface area is 137 Å². The lowest BCUT2D eigenvalue weighted by Crippen LogP contribution is -2.53. The number of carbonyl (C=O) groups excluding carboxylic acids is 1. The van der Waals surface area contributed by atoms with E-state index < -0.39 is 10.0 Å². The Balaban J connectivity index is 1.83. The highest BCUT2D eigenvalue weighted by Crippen LogP contribution is 2.20. The zero-order chi connectivity index (χ0) is 17.0. The van der Waals surface area contributed by atoms with Crippen LogP contribution in [0.1, 0.15) is 24.2 Å². The second kappa shape index (κ2) is 7.14. The molecule has 0 bridgehead atoms. The van der Waals surface area contributed by atoms with Crippen LogP contribution in [0.3, 0.4) is 0 Å². The van der Waals surface area contributed by atoms with E-state index in [9.17, 15) is 13.2 Å². The Morgan fingerprint density at radius 3 is 2.52 bits per heavy atom. The van der Waals surface area contributed by atoms with Crippen molar-refractivity contribution < 1.29 is 17.9 Å². The quantitative estimate of drug-likeness (QED) is 0.819. The van der Waals surface area contributed by atoms with E-state index in [0.29, 0.717) is 25.2 Å². The average Bonchev–Trinajstić information content (AvgIpc) is 2.45. The minimum atomic E-state index is -3.40. The van der Waals surface area contributed by atoms with Crippen LogP contribution in [0.15, 0.2) is 36.3 Å². The number of nitrogens with one attached hydrogen (secondary N) is 1. The number of benzene rings is 1. The number of hydrogen-bond acceptors (Lipinski definition) is 4. The fourth-order valence-electron chi connectivity index (χ4n) is 2.29. The van der Waals surface area contributed by atoms with Crippen LogP contribution in [-0.2, 0) is 10.0 Å². The van der Waals surface area contributed by atoms with Crippen molar-refractivity contribution in [3.05, 3.63) is 41.8 Å². The lowest BCUT2D eigenvalue weighted by Gasteiger charge is -2.39. The van der Waals surface area contributed by atoms with Crippen molar-refractivity contribution in [2.45, 2.75) is 20.0 Å². The van der Waals surface area contributed by atoms with Gasteiger partial charge in [-0.05, 0) is 38.1 Å². The summed E-state index contributed by atoms with van der Waals surface area (Å²) in [5.74, 6) is 0.818. The predicted molar refractivity (Wildman–Crippen MR) is 88.7 cm³/mol.